The van der Waals surface area contributed by atoms with Crippen molar-refractivity contribution in [3.63, 3.8) is 0 Å². The third-order valence-electron chi connectivity index (χ3n) is 20.5. The lowest BCUT2D eigenvalue weighted by molar-refractivity contribution is -0.164. The summed E-state index contributed by atoms with van der Waals surface area (Å²) < 4.78 is 0. The van der Waals surface area contributed by atoms with E-state index < -0.39 is 210 Å². The molecule has 0 spiro atoms. The zero-order valence-corrected chi connectivity index (χ0v) is 62.6. The minimum atomic E-state index is -2.29. The number of likely N-dealkylation sites (N-methyl/N-ethyl adjacent to an activating group) is 9. The van der Waals surface area contributed by atoms with Crippen LogP contribution in [0.5, 0.6) is 0 Å². The third-order valence-corrected chi connectivity index (χ3v) is 20.5. The van der Waals surface area contributed by atoms with Gasteiger partial charge in [0.25, 0.3) is 5.91 Å². The zero-order valence-electron chi connectivity index (χ0n) is 62.6. The maximum Gasteiger partial charge on any atom is 0.270 e. The molecule has 552 valence electrons. The first-order chi connectivity index (χ1) is 45.2. The highest BCUT2D eigenvalue weighted by molar-refractivity contribution is 6.00. The Morgan fingerprint density at radius 1 is 0.480 bits per heavy atom. The number of hydroxylamine groups is 1. The summed E-state index contributed by atoms with van der Waals surface area (Å²) in [5.74, 6) is -14.6. The number of amides is 12. The number of benzene rings is 1. The number of rotatable bonds is 11. The first-order valence-electron chi connectivity index (χ1n) is 34.2. The normalized spacial score (nSPS) is 29.0. The molecule has 3 heterocycles. The number of carbonyl (C=O) groups is 12. The van der Waals surface area contributed by atoms with Crippen LogP contribution in [0.15, 0.2) is 24.3 Å². The fraction of sp³-hybridized carbons (Fsp3) is 0.739. The van der Waals surface area contributed by atoms with Crippen molar-refractivity contribution in [2.75, 3.05) is 81.6 Å². The van der Waals surface area contributed by atoms with E-state index in [0.29, 0.717) is 22.8 Å². The molecule has 0 bridgehead atoms. The van der Waals surface area contributed by atoms with Crippen LogP contribution in [0.1, 0.15) is 142 Å². The second kappa shape index (κ2) is 33.1. The molecule has 2 saturated heterocycles. The van der Waals surface area contributed by atoms with E-state index >= 15 is 28.8 Å². The molecule has 29 nitrogen and oxygen atoms in total. The molecule has 3 aliphatic heterocycles. The highest BCUT2D eigenvalue weighted by atomic mass is 16.5. The van der Waals surface area contributed by atoms with Gasteiger partial charge in [-0.2, -0.15) is 0 Å². The molecule has 0 aliphatic carbocycles. The van der Waals surface area contributed by atoms with E-state index in [1.54, 1.807) is 109 Å². The number of nitrogens with zero attached hydrogens (tertiary/aromatic N) is 11. The van der Waals surface area contributed by atoms with E-state index in [9.17, 15) is 49.3 Å². The van der Waals surface area contributed by atoms with Crippen LogP contribution < -0.4 is 15.7 Å². The van der Waals surface area contributed by atoms with E-state index in [0.717, 1.165) is 41.3 Å². The Kier molecular flexibility index (Phi) is 28.0. The SMILES string of the molecule is CCC(C)C1NC(=O)C(C(C)C)N(C)C(=O)C2CC3(O)c4ccccc4N(O)C3N2C(=O)CN(C)C(=O)C(C(C)CC)N(C)C(=O)C(C(C)C)NC(=O)C(O)N(C)C(=O)C(C(C)CC)N(C)C(=O)C(C(C)(C)O)N(C)C(=O)CN(C)C(=O)C(C(C)C)N(C)C(=O)C(C(C)C)N(C)C1=O. The molecule has 1 aromatic carbocycles. The molecule has 6 N–H and O–H groups in total. The Bertz CT molecular complexity index is 3100. The van der Waals surface area contributed by atoms with Gasteiger partial charge in [0.05, 0.1) is 24.4 Å². The number of anilines is 1. The lowest BCUT2D eigenvalue weighted by Crippen LogP contribution is -2.64. The number of hydrogen-bond acceptors (Lipinski definition) is 17. The van der Waals surface area contributed by atoms with Crippen molar-refractivity contribution >= 4 is 76.6 Å². The highest BCUT2D eigenvalue weighted by Gasteiger charge is 2.64. The van der Waals surface area contributed by atoms with E-state index in [2.05, 4.69) is 10.6 Å². The molecular formula is C69H115N13O16. The fourth-order valence-electron chi connectivity index (χ4n) is 14.1. The van der Waals surface area contributed by atoms with Gasteiger partial charge in [0.2, 0.25) is 71.2 Å². The number of nitrogens with one attached hydrogen (secondary N) is 2. The molecule has 0 saturated carbocycles. The van der Waals surface area contributed by atoms with Crippen molar-refractivity contribution in [1.29, 1.82) is 0 Å². The Morgan fingerprint density at radius 2 is 0.878 bits per heavy atom. The van der Waals surface area contributed by atoms with Gasteiger partial charge >= 0.3 is 0 Å². The van der Waals surface area contributed by atoms with Crippen molar-refractivity contribution in [2.24, 2.45) is 41.4 Å². The first kappa shape index (κ1) is 82.9. The Hall–Kier alpha value is -7.50. The minimum Gasteiger partial charge on any atom is -0.388 e. The topological polar surface area (TPSA) is 345 Å². The summed E-state index contributed by atoms with van der Waals surface area (Å²) in [7, 11) is 11.7. The van der Waals surface area contributed by atoms with Crippen LogP contribution in [0.3, 0.4) is 0 Å². The molecule has 29 heteroatoms. The maximum atomic E-state index is 15.5. The summed E-state index contributed by atoms with van der Waals surface area (Å²) in [6.45, 7) is 24.8. The quantitative estimate of drug-likeness (QED) is 0.181. The van der Waals surface area contributed by atoms with Crippen LogP contribution in [0.2, 0.25) is 0 Å². The third kappa shape index (κ3) is 16.9. The monoisotopic (exact) mass is 1380 g/mol. The highest BCUT2D eigenvalue weighted by Crippen LogP contribution is 2.52. The van der Waals surface area contributed by atoms with Crippen LogP contribution in [-0.2, 0) is 63.1 Å². The average molecular weight is 1380 g/mol. The Morgan fingerprint density at radius 3 is 1.36 bits per heavy atom. The molecule has 15 unspecified atom stereocenters. The predicted molar refractivity (Wildman–Crippen MR) is 365 cm³/mol. The smallest absolute Gasteiger partial charge is 0.270 e. The second-order valence-corrected chi connectivity index (χ2v) is 29.5. The standard InChI is InChI=1S/C69H115N13O16/c1-26-40(12)49-60(89)76(21)52(39(10)11)63(92)77(22)51(38(8)9)61(90)72(17)34-46(83)74(19)55(68(15,16)96)65(94)79(24)54(42(14)28-3)64(93)80(25)66(95)57(86)70-48(36(4)5)59(88)78(23)53(41(13)27-2)62(91)73(18)35-47(84)81-45(58(87)75(20)50(37(6)7)56(85)71-49)33-69(97)43-31-29-30-32-44(43)82(98)67(69)81/h29-32,36-42,45,48-55,66-67,95-98H,26-28,33-35H2,1-25H3,(H,70,86)(H,71,85). The van der Waals surface area contributed by atoms with Gasteiger partial charge in [0.1, 0.15) is 60.0 Å². The minimum absolute atomic E-state index is 0.132. The molecule has 12 amide bonds. The van der Waals surface area contributed by atoms with Crippen molar-refractivity contribution in [1.82, 2.24) is 59.6 Å². The predicted octanol–water partition coefficient (Wildman–Crippen LogP) is 1.18. The van der Waals surface area contributed by atoms with Gasteiger partial charge in [0.15, 0.2) is 6.17 Å². The van der Waals surface area contributed by atoms with Gasteiger partial charge in [-0.1, -0.05) is 134 Å². The van der Waals surface area contributed by atoms with E-state index in [1.165, 1.54) is 92.2 Å². The number of aliphatic hydroxyl groups excluding tert-OH is 1. The molecule has 0 radical (unpaired) electrons. The van der Waals surface area contributed by atoms with Crippen LogP contribution >= 0.6 is 0 Å². The van der Waals surface area contributed by atoms with Crippen LogP contribution in [0.25, 0.3) is 0 Å². The van der Waals surface area contributed by atoms with Gasteiger partial charge < -0.3 is 75.0 Å². The summed E-state index contributed by atoms with van der Waals surface area (Å²) in [5, 5.41) is 54.3. The summed E-state index contributed by atoms with van der Waals surface area (Å²) in [4.78, 5) is 190. The van der Waals surface area contributed by atoms with Gasteiger partial charge in [-0.15, -0.1) is 0 Å². The summed E-state index contributed by atoms with van der Waals surface area (Å²) in [6.07, 6.45) is -3.53. The maximum absolute atomic E-state index is 15.5. The molecule has 2 fully saturated rings. The van der Waals surface area contributed by atoms with Crippen molar-refractivity contribution < 1.29 is 78.1 Å². The van der Waals surface area contributed by atoms with Gasteiger partial charge in [-0.3, -0.25) is 62.7 Å². The van der Waals surface area contributed by atoms with E-state index in [-0.39, 0.29) is 17.7 Å². The second-order valence-electron chi connectivity index (χ2n) is 29.5. The van der Waals surface area contributed by atoms with Crippen LogP contribution in [0, 0.1) is 41.4 Å². The number of carbonyl (C=O) groups excluding carboxylic acids is 12. The van der Waals surface area contributed by atoms with E-state index in [1.807, 2.05) is 0 Å². The number of aliphatic hydroxyl groups is 3. The number of fused-ring (bicyclic) bond motifs is 5. The summed E-state index contributed by atoms with van der Waals surface area (Å²) in [6, 6.07) is -6.49. The van der Waals surface area contributed by atoms with Gasteiger partial charge in [-0.25, -0.2) is 5.06 Å². The lowest BCUT2D eigenvalue weighted by atomic mass is 9.90. The Labute approximate surface area is 579 Å². The van der Waals surface area contributed by atoms with Gasteiger partial charge in [-0.05, 0) is 61.3 Å². The van der Waals surface area contributed by atoms with Gasteiger partial charge in [0, 0.05) is 75.4 Å². The summed E-state index contributed by atoms with van der Waals surface area (Å²) in [5.41, 5.74) is -3.81. The molecule has 0 aromatic heterocycles. The molecule has 98 heavy (non-hydrogen) atoms. The Balaban J connectivity index is 1.97. The zero-order chi connectivity index (χ0) is 75.3. The molecule has 1 aromatic rings. The molecule has 3 aliphatic rings. The number of para-hydroxylation sites is 1. The summed E-state index contributed by atoms with van der Waals surface area (Å²) >= 11 is 0. The lowest BCUT2D eigenvalue weighted by Gasteiger charge is -2.42. The van der Waals surface area contributed by atoms with Crippen LogP contribution in [0.4, 0.5) is 5.69 Å². The molecular weight excluding hydrogens is 1270 g/mol. The fourth-order valence-corrected chi connectivity index (χ4v) is 14.1. The van der Waals surface area contributed by atoms with Crippen molar-refractivity contribution in [2.45, 2.75) is 214 Å². The first-order valence-corrected chi connectivity index (χ1v) is 34.2. The van der Waals surface area contributed by atoms with Crippen molar-refractivity contribution in [3.05, 3.63) is 29.8 Å². The number of hydrogen-bond donors (Lipinski definition) is 6. The van der Waals surface area contributed by atoms with Crippen molar-refractivity contribution in [3.8, 4) is 0 Å². The molecule has 4 rings (SSSR count). The van der Waals surface area contributed by atoms with E-state index in [4.69, 9.17) is 0 Å². The van der Waals surface area contributed by atoms with Crippen LogP contribution in [-0.4, -0.2) is 289 Å². The largest absolute Gasteiger partial charge is 0.388 e. The average Bonchev–Trinajstić information content (AvgIpc) is 1.54. The molecule has 15 atom stereocenters.